The molecule has 0 saturated heterocycles. The second-order valence-electron chi connectivity index (χ2n) is 8.75. The van der Waals surface area contributed by atoms with Gasteiger partial charge in [-0.1, -0.05) is 25.4 Å². The monoisotopic (exact) mass is 455 g/mol. The van der Waals surface area contributed by atoms with Crippen molar-refractivity contribution >= 4 is 40.1 Å². The maximum Gasteiger partial charge on any atom is 0.342 e. The van der Waals surface area contributed by atoms with E-state index in [1.165, 1.54) is 41.6 Å². The number of esters is 1. The molecule has 3 aromatic rings. The first-order valence-electron chi connectivity index (χ1n) is 10.2. The summed E-state index contributed by atoms with van der Waals surface area (Å²) in [6.07, 6.45) is 2.69. The number of aromatic nitrogens is 2. The summed E-state index contributed by atoms with van der Waals surface area (Å²) in [7, 11) is 0. The van der Waals surface area contributed by atoms with Crippen molar-refractivity contribution in [3.63, 3.8) is 0 Å². The van der Waals surface area contributed by atoms with Crippen molar-refractivity contribution in [2.75, 3.05) is 6.54 Å². The third-order valence-electron chi connectivity index (χ3n) is 5.33. The van der Waals surface area contributed by atoms with E-state index in [0.717, 1.165) is 10.9 Å². The number of H-pyrrole nitrogens is 1. The number of nitrogens with one attached hydrogen (secondary N) is 1. The first kappa shape index (κ1) is 22.0. The van der Waals surface area contributed by atoms with Crippen molar-refractivity contribution in [1.29, 1.82) is 0 Å². The molecule has 1 aliphatic heterocycles. The molecule has 0 atom stereocenters. The number of ether oxygens (including phenoxy) is 1. The Hall–Kier alpha value is -3.19. The van der Waals surface area contributed by atoms with E-state index >= 15 is 0 Å². The minimum Gasteiger partial charge on any atom is -0.459 e. The lowest BCUT2D eigenvalue weighted by Gasteiger charge is -2.29. The summed E-state index contributed by atoms with van der Waals surface area (Å²) in [6, 6.07) is 7.11. The number of nitrogens with zero attached hydrogens (tertiary/aromatic N) is 2. The van der Waals surface area contributed by atoms with Crippen LogP contribution in [-0.4, -0.2) is 39.4 Å². The molecule has 8 heteroatoms. The van der Waals surface area contributed by atoms with Crippen LogP contribution in [0.3, 0.4) is 0 Å². The van der Waals surface area contributed by atoms with Gasteiger partial charge in [-0.2, -0.15) is 0 Å². The number of carbonyl (C=O) groups is 2. The summed E-state index contributed by atoms with van der Waals surface area (Å²) in [5.74, 6) is -1.34. The van der Waals surface area contributed by atoms with Gasteiger partial charge in [-0.15, -0.1) is 0 Å². The van der Waals surface area contributed by atoms with Crippen LogP contribution in [0, 0.1) is 5.82 Å². The fourth-order valence-electron chi connectivity index (χ4n) is 4.04. The van der Waals surface area contributed by atoms with Gasteiger partial charge in [0.05, 0.1) is 22.4 Å². The molecule has 0 spiro atoms. The highest BCUT2D eigenvalue weighted by atomic mass is 35.5. The van der Waals surface area contributed by atoms with Gasteiger partial charge in [-0.3, -0.25) is 4.79 Å². The highest BCUT2D eigenvalue weighted by Gasteiger charge is 2.38. The zero-order valence-electron chi connectivity index (χ0n) is 18.2. The van der Waals surface area contributed by atoms with Gasteiger partial charge >= 0.3 is 5.97 Å². The molecule has 0 radical (unpaired) electrons. The van der Waals surface area contributed by atoms with Crippen molar-refractivity contribution in [1.82, 2.24) is 14.9 Å². The first-order valence-corrected chi connectivity index (χ1v) is 10.6. The Labute approximate surface area is 190 Å². The van der Waals surface area contributed by atoms with Crippen LogP contribution in [0.5, 0.6) is 0 Å². The molecule has 0 bridgehead atoms. The van der Waals surface area contributed by atoms with Crippen LogP contribution in [0.1, 0.15) is 49.3 Å². The molecule has 1 aliphatic rings. The van der Waals surface area contributed by atoms with Crippen LogP contribution < -0.4 is 0 Å². The molecule has 1 N–H and O–H groups in total. The maximum atomic E-state index is 13.4. The molecule has 166 valence electrons. The van der Waals surface area contributed by atoms with Gasteiger partial charge in [0.1, 0.15) is 11.5 Å². The van der Waals surface area contributed by atoms with Gasteiger partial charge in [0.15, 0.2) is 0 Å². The van der Waals surface area contributed by atoms with Crippen molar-refractivity contribution < 1.29 is 18.7 Å². The Bertz CT molecular complexity index is 1250. The van der Waals surface area contributed by atoms with E-state index in [4.69, 9.17) is 16.3 Å². The van der Waals surface area contributed by atoms with Crippen molar-refractivity contribution in [3.05, 3.63) is 70.4 Å². The highest BCUT2D eigenvalue weighted by Crippen LogP contribution is 2.40. The molecule has 0 saturated carbocycles. The predicted molar refractivity (Wildman–Crippen MR) is 121 cm³/mol. The molecule has 4 rings (SSSR count). The van der Waals surface area contributed by atoms with Crippen LogP contribution in [0.4, 0.5) is 4.39 Å². The van der Waals surface area contributed by atoms with Gasteiger partial charge in [-0.05, 0) is 49.7 Å². The van der Waals surface area contributed by atoms with E-state index in [-0.39, 0.29) is 24.1 Å². The normalized spacial score (nSPS) is 15.3. The molecule has 32 heavy (non-hydrogen) atoms. The van der Waals surface area contributed by atoms with Crippen LogP contribution in [0.15, 0.2) is 42.7 Å². The fraction of sp³-hybridized carbons (Fsp3) is 0.292. The van der Waals surface area contributed by atoms with E-state index in [1.54, 1.807) is 19.9 Å². The Morgan fingerprint density at radius 1 is 1.25 bits per heavy atom. The van der Waals surface area contributed by atoms with E-state index in [0.29, 0.717) is 21.9 Å². The molecule has 0 unspecified atom stereocenters. The molecular formula is C24H23ClFN3O3. The SMILES string of the molecule is CC(C)OC(=O)C1=CN(C(=O)c2ccc(F)cc2)CC(C)(C)c2c1[nH]c1ncc(Cl)cc21. The summed E-state index contributed by atoms with van der Waals surface area (Å²) < 4.78 is 18.8. The van der Waals surface area contributed by atoms with Gasteiger partial charge < -0.3 is 14.6 Å². The van der Waals surface area contributed by atoms with Gasteiger partial charge in [0, 0.05) is 35.3 Å². The Balaban J connectivity index is 1.90. The molecule has 6 nitrogen and oxygen atoms in total. The summed E-state index contributed by atoms with van der Waals surface area (Å²) in [6.45, 7) is 7.75. The molecule has 1 amide bonds. The zero-order valence-corrected chi connectivity index (χ0v) is 19.0. The van der Waals surface area contributed by atoms with E-state index in [2.05, 4.69) is 9.97 Å². The smallest absolute Gasteiger partial charge is 0.342 e. The molecular weight excluding hydrogens is 433 g/mol. The lowest BCUT2D eigenvalue weighted by Crippen LogP contribution is -2.37. The number of carbonyl (C=O) groups excluding carboxylic acids is 2. The maximum absolute atomic E-state index is 13.4. The van der Waals surface area contributed by atoms with Gasteiger partial charge in [0.25, 0.3) is 5.91 Å². The number of aromatic amines is 1. The average molecular weight is 456 g/mol. The number of amides is 1. The summed E-state index contributed by atoms with van der Waals surface area (Å²) in [5, 5.41) is 1.24. The topological polar surface area (TPSA) is 75.3 Å². The first-order chi connectivity index (χ1) is 15.1. The zero-order chi connectivity index (χ0) is 23.2. The third-order valence-corrected chi connectivity index (χ3v) is 5.54. The minimum atomic E-state index is -0.577. The standard InChI is InChI=1S/C24H23ClFN3O3/c1-13(2)32-23(31)18-11-29(22(30)14-5-7-16(26)8-6-14)12-24(3,4)19-17-9-15(25)10-27-21(17)28-20(18)19/h5-11,13H,12H2,1-4H3,(H,27,28). The van der Waals surface area contributed by atoms with Crippen molar-refractivity contribution in [2.45, 2.75) is 39.2 Å². The van der Waals surface area contributed by atoms with E-state index in [1.807, 2.05) is 13.8 Å². The summed E-state index contributed by atoms with van der Waals surface area (Å²) in [5.41, 5.74) is 1.91. The van der Waals surface area contributed by atoms with E-state index < -0.39 is 17.2 Å². The van der Waals surface area contributed by atoms with Crippen LogP contribution in [0.25, 0.3) is 16.6 Å². The lowest BCUT2D eigenvalue weighted by atomic mass is 9.82. The predicted octanol–water partition coefficient (Wildman–Crippen LogP) is 5.08. The van der Waals surface area contributed by atoms with Crippen molar-refractivity contribution in [2.24, 2.45) is 0 Å². The number of benzene rings is 1. The van der Waals surface area contributed by atoms with Crippen LogP contribution >= 0.6 is 11.6 Å². The number of hydrogen-bond donors (Lipinski definition) is 1. The van der Waals surface area contributed by atoms with Crippen molar-refractivity contribution in [3.8, 4) is 0 Å². The van der Waals surface area contributed by atoms with Gasteiger partial charge in [-0.25, -0.2) is 14.2 Å². The molecule has 0 aliphatic carbocycles. The molecule has 2 aromatic heterocycles. The Morgan fingerprint density at radius 3 is 2.59 bits per heavy atom. The molecule has 1 aromatic carbocycles. The number of hydrogen-bond acceptors (Lipinski definition) is 4. The fourth-order valence-corrected chi connectivity index (χ4v) is 4.20. The molecule has 0 fully saturated rings. The number of halogens is 2. The number of rotatable bonds is 3. The van der Waals surface area contributed by atoms with E-state index in [9.17, 15) is 14.0 Å². The molecule has 3 heterocycles. The second-order valence-corrected chi connectivity index (χ2v) is 9.18. The van der Waals surface area contributed by atoms with Crippen LogP contribution in [0.2, 0.25) is 5.02 Å². The Kier molecular flexibility index (Phi) is 5.54. The highest BCUT2D eigenvalue weighted by molar-refractivity contribution is 6.31. The Morgan fingerprint density at radius 2 is 1.94 bits per heavy atom. The average Bonchev–Trinajstić information content (AvgIpc) is 3.04. The third kappa shape index (κ3) is 4.00. The van der Waals surface area contributed by atoms with Gasteiger partial charge in [0.2, 0.25) is 0 Å². The lowest BCUT2D eigenvalue weighted by molar-refractivity contribution is -0.140. The van der Waals surface area contributed by atoms with Crippen LogP contribution in [-0.2, 0) is 14.9 Å². The quantitative estimate of drug-likeness (QED) is 0.559. The number of fused-ring (bicyclic) bond motifs is 3. The second kappa shape index (κ2) is 8.06. The number of pyridine rings is 1. The minimum absolute atomic E-state index is 0.212. The summed E-state index contributed by atoms with van der Waals surface area (Å²) >= 11 is 6.21. The largest absolute Gasteiger partial charge is 0.459 e. The summed E-state index contributed by atoms with van der Waals surface area (Å²) in [4.78, 5) is 35.4.